The molecule has 11 amide bonds. The maximum Gasteiger partial charge on any atom is 0.417 e. The van der Waals surface area contributed by atoms with Gasteiger partial charge in [-0.15, -0.1) is 0 Å². The molecule has 15 rings (SSSR count). The number of nitrogens with one attached hydrogen (secondary N) is 9. The van der Waals surface area contributed by atoms with E-state index in [1.807, 2.05) is 330 Å². The fourth-order valence-electron chi connectivity index (χ4n) is 13.5. The molecule has 0 radical (unpaired) electrons. The van der Waals surface area contributed by atoms with E-state index in [0.717, 1.165) is 123 Å². The molecule has 13 aromatic carbocycles. The minimum atomic E-state index is -4.63. The number of anilines is 10. The molecule has 10 N–H and O–H groups in total. The number of hydrogen-bond acceptors (Lipinski definition) is 13. The number of esters is 1. The number of aromatic nitrogens is 1. The van der Waals surface area contributed by atoms with Crippen LogP contribution in [0, 0.1) is 62.3 Å². The SMILES string of the molecule is CCOc1ccccc1NC(=O)Nc1ccc(C)cc1.Cc1ccc(N2C(=O)CCC2=O)cc1.Cc1ccc(NC(=O)CC(CC(=O)O)c2ccccc2)cc1.Cc1ccc(NC(=O)Nc2c(Br)cc(C(C)C)cc2Br)cc1.Cc1ccc(NC(=O)Nc2cc(C)cc(C)c2)cc1.Cc1ccc(NC(=O)Nc2ccc(OCc3ccccc3)cc2)cc1.Cc1ccc(OC(=O)c2cnccc2C(F)(F)F)cc1. The van der Waals surface area contributed by atoms with Crippen LogP contribution >= 0.6 is 31.9 Å². The highest BCUT2D eigenvalue weighted by Crippen LogP contribution is 2.37. The number of carboxylic acids is 1. The largest absolute Gasteiger partial charge is 0.492 e. The Balaban J connectivity index is 0.000000186. The van der Waals surface area contributed by atoms with Crippen molar-refractivity contribution in [3.05, 3.63) is 415 Å². The zero-order valence-electron chi connectivity index (χ0n) is 80.7. The van der Waals surface area contributed by atoms with Gasteiger partial charge in [-0.05, 0) is 286 Å². The Morgan fingerprint density at radius 3 is 1.22 bits per heavy atom. The van der Waals surface area contributed by atoms with Gasteiger partial charge in [0, 0.05) is 86.3 Å². The Morgan fingerprint density at radius 2 is 0.789 bits per heavy atom. The zero-order chi connectivity index (χ0) is 103. The number of aryl methyl sites for hydroxylation is 9. The molecule has 0 aliphatic carbocycles. The number of imide groups is 1. The van der Waals surface area contributed by atoms with Crippen molar-refractivity contribution in [2.24, 2.45) is 0 Å². The number of alkyl halides is 3. The molecule has 1 unspecified atom stereocenters. The van der Waals surface area contributed by atoms with Gasteiger partial charge in [-0.25, -0.2) is 24.0 Å². The summed E-state index contributed by atoms with van der Waals surface area (Å²) in [6, 6.07) is 95.5. The van der Waals surface area contributed by atoms with Gasteiger partial charge in [-0.1, -0.05) is 217 Å². The van der Waals surface area contributed by atoms with E-state index >= 15 is 0 Å². The summed E-state index contributed by atoms with van der Waals surface area (Å²) in [7, 11) is 0. The second kappa shape index (κ2) is 55.5. The lowest BCUT2D eigenvalue weighted by molar-refractivity contribution is -0.138. The summed E-state index contributed by atoms with van der Waals surface area (Å²) >= 11 is 7.03. The van der Waals surface area contributed by atoms with E-state index in [9.17, 15) is 56.3 Å². The van der Waals surface area contributed by atoms with Crippen LogP contribution in [0.15, 0.2) is 337 Å². The molecule has 734 valence electrons. The number of pyridine rings is 1. The van der Waals surface area contributed by atoms with Gasteiger partial charge in [0.1, 0.15) is 23.9 Å². The Bertz CT molecular complexity index is 6450. The first-order valence-electron chi connectivity index (χ1n) is 45.4. The van der Waals surface area contributed by atoms with Gasteiger partial charge < -0.3 is 67.2 Å². The third-order valence-electron chi connectivity index (χ3n) is 20.9. The molecule has 14 aromatic rings. The van der Waals surface area contributed by atoms with Crippen molar-refractivity contribution in [2.75, 3.05) is 59.4 Å². The number of benzene rings is 13. The smallest absolute Gasteiger partial charge is 0.417 e. The molecule has 1 aliphatic rings. The minimum absolute atomic E-state index is 0.0642. The maximum atomic E-state index is 12.8. The van der Waals surface area contributed by atoms with Crippen molar-refractivity contribution >= 4 is 143 Å². The first kappa shape index (κ1) is 110. The normalized spacial score (nSPS) is 11.2. The van der Waals surface area contributed by atoms with E-state index in [1.54, 1.807) is 30.3 Å². The number of urea groups is 4. The summed E-state index contributed by atoms with van der Waals surface area (Å²) < 4.78 is 56.1. The van der Waals surface area contributed by atoms with Crippen LogP contribution in [0.1, 0.15) is 141 Å². The molecule has 1 fully saturated rings. The van der Waals surface area contributed by atoms with Crippen LogP contribution in [0.4, 0.5) is 89.2 Å². The molecular weight excluding hydrogens is 1940 g/mol. The molecule has 1 saturated heterocycles. The topological polar surface area (TPSA) is 326 Å². The van der Waals surface area contributed by atoms with Crippen molar-refractivity contribution in [2.45, 2.75) is 133 Å². The van der Waals surface area contributed by atoms with E-state index < -0.39 is 29.2 Å². The second-order valence-corrected chi connectivity index (χ2v) is 35.0. The van der Waals surface area contributed by atoms with Gasteiger partial charge >= 0.3 is 42.2 Å². The Hall–Kier alpha value is -16.0. The first-order chi connectivity index (χ1) is 67.9. The van der Waals surface area contributed by atoms with Gasteiger partial charge in [-0.2, -0.15) is 13.2 Å². The predicted molar refractivity (Wildman–Crippen MR) is 566 cm³/mol. The Kier molecular flexibility index (Phi) is 42.9. The van der Waals surface area contributed by atoms with Crippen LogP contribution in [0.3, 0.4) is 0 Å². The monoisotopic (exact) mass is 2050 g/mol. The molecule has 29 heteroatoms. The van der Waals surface area contributed by atoms with Crippen molar-refractivity contribution in [1.82, 2.24) is 4.98 Å². The van der Waals surface area contributed by atoms with Crippen molar-refractivity contribution in [3.63, 3.8) is 0 Å². The highest BCUT2D eigenvalue weighted by atomic mass is 79.9. The average Bonchev–Trinajstić information content (AvgIpc) is 1.82. The van der Waals surface area contributed by atoms with Crippen molar-refractivity contribution in [3.8, 4) is 17.2 Å². The van der Waals surface area contributed by atoms with Crippen molar-refractivity contribution < 1.29 is 75.6 Å². The van der Waals surface area contributed by atoms with Crippen LogP contribution in [-0.2, 0) is 32.0 Å². The van der Waals surface area contributed by atoms with Crippen LogP contribution in [0.2, 0.25) is 0 Å². The minimum Gasteiger partial charge on any atom is -0.492 e. The molecule has 1 aliphatic heterocycles. The standard InChI is InChI=1S/C21H20N2O2.C18H19NO3.C17H18Br2N2O.C16H18N2O2.C16H18N2O.C14H10F3NO2.C11H11NO2/c1-16-7-9-18(10-8-16)22-21(24)23-19-11-13-20(14-12-19)25-15-17-5-3-2-4-6-17;1-13-7-9-16(10-8-13)19-17(20)11-15(12-18(21)22)14-5-3-2-4-6-14;1-10(2)12-8-14(18)16(15(19)9-12)21-17(22)20-13-6-4-11(3)5-7-13;1-3-20-15-7-5-4-6-14(15)18-16(19)17-13-10-8-12(2)9-11-13;1-11-4-6-14(7-5-11)17-16(19)18-15-9-12(2)8-13(3)10-15;1-9-2-4-10(5-3-9)20-13(19)11-8-18-7-6-12(11)14(15,16)17;1-8-2-4-9(5-3-8)12-10(13)6-7-11(12)14/h2-14H,15H2,1H3,(H2,22,23,24);2-10,15H,11-12H2,1H3,(H,19,20)(H,21,22);4-10H,1-3H3,(H2,20,21,22);4-11H,3H2,1-2H3,(H2,17,18,19);4-10H,1-3H3,(H2,17,18,19);2-8H,1H3;2-5H,6-7H2,1H3. The zero-order valence-corrected chi connectivity index (χ0v) is 83.9. The fourth-order valence-corrected chi connectivity index (χ4v) is 14.9. The van der Waals surface area contributed by atoms with E-state index in [2.05, 4.69) is 105 Å². The number of halogens is 5. The van der Waals surface area contributed by atoms with E-state index in [4.69, 9.17) is 19.3 Å². The van der Waals surface area contributed by atoms with E-state index in [1.165, 1.54) is 28.2 Å². The molecule has 1 aromatic heterocycles. The number of para-hydroxylation sites is 2. The quantitative estimate of drug-likeness (QED) is 0.0162. The third kappa shape index (κ3) is 38.4. The number of rotatable bonds is 23. The number of carboxylic acid groups (broad SMARTS) is 1. The van der Waals surface area contributed by atoms with Crippen LogP contribution in [-0.4, -0.2) is 70.5 Å². The number of carbonyl (C=O) groups excluding carboxylic acids is 8. The summed E-state index contributed by atoms with van der Waals surface area (Å²) in [6.45, 7) is 25.1. The lowest BCUT2D eigenvalue weighted by atomic mass is 9.92. The number of carbonyl (C=O) groups is 9. The molecule has 142 heavy (non-hydrogen) atoms. The van der Waals surface area contributed by atoms with Gasteiger partial charge in [0.05, 0.1) is 41.2 Å². The Morgan fingerprint density at radius 1 is 0.408 bits per heavy atom. The summed E-state index contributed by atoms with van der Waals surface area (Å²) in [6.07, 6.45) is -2.05. The molecule has 0 bridgehead atoms. The summed E-state index contributed by atoms with van der Waals surface area (Å²) in [5.74, 6) is -0.685. The lowest BCUT2D eigenvalue weighted by Gasteiger charge is -2.15. The summed E-state index contributed by atoms with van der Waals surface area (Å²) in [4.78, 5) is 110. The second-order valence-electron chi connectivity index (χ2n) is 33.3. The molecular formula is C113H114Br2F3N11O13. The molecule has 2 heterocycles. The van der Waals surface area contributed by atoms with E-state index in [0.29, 0.717) is 60.5 Å². The van der Waals surface area contributed by atoms with Crippen LogP contribution in [0.25, 0.3) is 0 Å². The molecule has 1 atom stereocenters. The maximum absolute atomic E-state index is 12.8. The van der Waals surface area contributed by atoms with Crippen molar-refractivity contribution in [1.29, 1.82) is 0 Å². The molecule has 24 nitrogen and oxygen atoms in total. The average molecular weight is 2050 g/mol. The van der Waals surface area contributed by atoms with Gasteiger partial charge in [0.15, 0.2) is 0 Å². The first-order valence-corrected chi connectivity index (χ1v) is 47.0. The summed E-state index contributed by atoms with van der Waals surface area (Å²) in [5.41, 5.74) is 18.9. The van der Waals surface area contributed by atoms with Crippen LogP contribution < -0.4 is 67.0 Å². The fraction of sp³-hybridized carbons (Fsp3) is 0.186. The molecule has 0 saturated carbocycles. The van der Waals surface area contributed by atoms with Gasteiger partial charge in [0.25, 0.3) is 0 Å². The highest BCUT2D eigenvalue weighted by Gasteiger charge is 2.36. The lowest BCUT2D eigenvalue weighted by Crippen LogP contribution is -2.28. The summed E-state index contributed by atoms with van der Waals surface area (Å²) in [5, 5.41) is 34.3. The Labute approximate surface area is 842 Å². The number of nitrogens with zero attached hydrogens (tertiary/aromatic N) is 2. The van der Waals surface area contributed by atoms with E-state index in [-0.39, 0.29) is 66.4 Å². The van der Waals surface area contributed by atoms with Crippen LogP contribution in [0.5, 0.6) is 17.2 Å². The number of amides is 11. The van der Waals surface area contributed by atoms with Gasteiger partial charge in [0.2, 0.25) is 17.7 Å². The highest BCUT2D eigenvalue weighted by molar-refractivity contribution is 9.11. The third-order valence-corrected chi connectivity index (χ3v) is 22.1. The van der Waals surface area contributed by atoms with Gasteiger partial charge in [-0.3, -0.25) is 29.1 Å². The predicted octanol–water partition coefficient (Wildman–Crippen LogP) is 28.7. The number of hydrogen-bond donors (Lipinski definition) is 10. The number of aliphatic carboxylic acids is 1. The molecule has 0 spiro atoms. The number of ether oxygens (including phenoxy) is 3.